The van der Waals surface area contributed by atoms with Gasteiger partial charge in [0.05, 0.1) is 24.6 Å². The Kier molecular flexibility index (Phi) is 1.86. The third-order valence-corrected chi connectivity index (χ3v) is 1.90. The average molecular weight is 168 g/mol. The van der Waals surface area contributed by atoms with Crippen molar-refractivity contribution in [1.29, 1.82) is 0 Å². The first-order valence-corrected chi connectivity index (χ1v) is 4.01. The van der Waals surface area contributed by atoms with E-state index >= 15 is 0 Å². The van der Waals surface area contributed by atoms with Gasteiger partial charge in [-0.2, -0.15) is 5.10 Å². The zero-order chi connectivity index (χ0) is 8.55. The molecule has 0 N–H and O–H groups in total. The van der Waals surface area contributed by atoms with E-state index in [0.29, 0.717) is 13.2 Å². The molecule has 12 heavy (non-hydrogen) atoms. The maximum atomic E-state index is 5.35. The van der Waals surface area contributed by atoms with Crippen molar-refractivity contribution < 1.29 is 9.47 Å². The molecular formula is C8H12N2O2. The molecule has 0 aromatic carbocycles. The first-order valence-electron chi connectivity index (χ1n) is 4.01. The summed E-state index contributed by atoms with van der Waals surface area (Å²) >= 11 is 0. The van der Waals surface area contributed by atoms with E-state index in [-0.39, 0.29) is 6.29 Å². The Labute approximate surface area is 71.1 Å². The van der Waals surface area contributed by atoms with Crippen molar-refractivity contribution in [3.8, 4) is 0 Å². The van der Waals surface area contributed by atoms with Gasteiger partial charge >= 0.3 is 0 Å². The molecule has 0 spiro atoms. The van der Waals surface area contributed by atoms with Crippen molar-refractivity contribution in [2.45, 2.75) is 13.2 Å². The van der Waals surface area contributed by atoms with Crippen LogP contribution >= 0.6 is 0 Å². The molecule has 1 aliphatic rings. The molecule has 0 saturated carbocycles. The van der Waals surface area contributed by atoms with Crippen LogP contribution in [0.1, 0.15) is 17.7 Å². The van der Waals surface area contributed by atoms with Crippen LogP contribution in [-0.2, 0) is 16.5 Å². The van der Waals surface area contributed by atoms with E-state index in [1.807, 2.05) is 20.0 Å². The van der Waals surface area contributed by atoms with Gasteiger partial charge in [0.1, 0.15) is 0 Å². The van der Waals surface area contributed by atoms with Crippen LogP contribution in [0.2, 0.25) is 0 Å². The third kappa shape index (κ3) is 1.23. The fourth-order valence-electron chi connectivity index (χ4n) is 1.38. The summed E-state index contributed by atoms with van der Waals surface area (Å²) in [6.45, 7) is 3.31. The molecule has 1 aromatic rings. The van der Waals surface area contributed by atoms with Gasteiger partial charge in [0, 0.05) is 7.05 Å². The Hall–Kier alpha value is -0.870. The number of rotatable bonds is 1. The number of aromatic nitrogens is 2. The van der Waals surface area contributed by atoms with Gasteiger partial charge in [0.15, 0.2) is 0 Å². The highest BCUT2D eigenvalue weighted by atomic mass is 16.7. The molecule has 0 unspecified atom stereocenters. The lowest BCUT2D eigenvalue weighted by Gasteiger charge is -2.07. The molecule has 0 amide bonds. The summed E-state index contributed by atoms with van der Waals surface area (Å²) in [7, 11) is 1.90. The van der Waals surface area contributed by atoms with Gasteiger partial charge in [-0.25, -0.2) is 0 Å². The highest BCUT2D eigenvalue weighted by molar-refractivity contribution is 5.10. The normalized spacial score (nSPS) is 18.8. The largest absolute Gasteiger partial charge is 0.345 e. The quantitative estimate of drug-likeness (QED) is 0.621. The predicted octanol–water partition coefficient (Wildman–Crippen LogP) is 0.774. The lowest BCUT2D eigenvalue weighted by molar-refractivity contribution is -0.0497. The summed E-state index contributed by atoms with van der Waals surface area (Å²) in [5.41, 5.74) is 1.98. The molecule has 66 valence electrons. The molecule has 1 aliphatic heterocycles. The summed E-state index contributed by atoms with van der Waals surface area (Å²) in [6, 6.07) is 1.98. The summed E-state index contributed by atoms with van der Waals surface area (Å²) in [5.74, 6) is 0. The molecule has 4 nitrogen and oxygen atoms in total. The average Bonchev–Trinajstić information content (AvgIpc) is 2.58. The maximum Gasteiger partial charge on any atom is 0.200 e. The highest BCUT2D eigenvalue weighted by Gasteiger charge is 2.21. The van der Waals surface area contributed by atoms with E-state index in [4.69, 9.17) is 9.47 Å². The number of hydrogen-bond donors (Lipinski definition) is 0. The second-order valence-electron chi connectivity index (χ2n) is 2.91. The first-order chi connectivity index (χ1) is 5.77. The van der Waals surface area contributed by atoms with Gasteiger partial charge in [0.2, 0.25) is 6.29 Å². The maximum absolute atomic E-state index is 5.35. The van der Waals surface area contributed by atoms with Gasteiger partial charge in [-0.15, -0.1) is 0 Å². The van der Waals surface area contributed by atoms with Crippen LogP contribution in [0, 0.1) is 6.92 Å². The summed E-state index contributed by atoms with van der Waals surface area (Å²) in [6.07, 6.45) is -0.212. The van der Waals surface area contributed by atoms with Gasteiger partial charge in [-0.1, -0.05) is 0 Å². The van der Waals surface area contributed by atoms with Gasteiger partial charge in [-0.05, 0) is 13.0 Å². The molecule has 2 heterocycles. The van der Waals surface area contributed by atoms with Gasteiger partial charge in [0.25, 0.3) is 0 Å². The van der Waals surface area contributed by atoms with Crippen LogP contribution in [0.3, 0.4) is 0 Å². The smallest absolute Gasteiger partial charge is 0.200 e. The predicted molar refractivity (Wildman–Crippen MR) is 42.6 cm³/mol. The van der Waals surface area contributed by atoms with Crippen LogP contribution in [0.4, 0.5) is 0 Å². The molecule has 4 heteroatoms. The fraction of sp³-hybridized carbons (Fsp3) is 0.625. The molecule has 0 radical (unpaired) electrons. The molecule has 1 fully saturated rings. The number of aryl methyl sites for hydroxylation is 2. The molecule has 1 aromatic heterocycles. The lowest BCUT2D eigenvalue weighted by Crippen LogP contribution is -2.05. The van der Waals surface area contributed by atoms with Gasteiger partial charge in [-0.3, -0.25) is 4.68 Å². The molecule has 0 atom stereocenters. The molecule has 1 saturated heterocycles. The minimum Gasteiger partial charge on any atom is -0.345 e. The van der Waals surface area contributed by atoms with E-state index < -0.39 is 0 Å². The number of ether oxygens (including phenoxy) is 2. The number of hydrogen-bond acceptors (Lipinski definition) is 3. The molecule has 2 rings (SSSR count). The third-order valence-electron chi connectivity index (χ3n) is 1.90. The Morgan fingerprint density at radius 2 is 2.17 bits per heavy atom. The van der Waals surface area contributed by atoms with Gasteiger partial charge < -0.3 is 9.47 Å². The van der Waals surface area contributed by atoms with Crippen LogP contribution < -0.4 is 0 Å². The fourth-order valence-corrected chi connectivity index (χ4v) is 1.38. The molecule has 0 aliphatic carbocycles. The Morgan fingerprint density at radius 1 is 1.50 bits per heavy atom. The second kappa shape index (κ2) is 2.88. The Bertz CT molecular complexity index is 277. The summed E-state index contributed by atoms with van der Waals surface area (Å²) in [4.78, 5) is 0. The monoisotopic (exact) mass is 168 g/mol. The Balaban J connectivity index is 2.25. The van der Waals surface area contributed by atoms with Crippen LogP contribution in [0.5, 0.6) is 0 Å². The number of nitrogens with zero attached hydrogens (tertiary/aromatic N) is 2. The van der Waals surface area contributed by atoms with Crippen LogP contribution in [-0.4, -0.2) is 23.0 Å². The van der Waals surface area contributed by atoms with E-state index in [1.165, 1.54) is 0 Å². The summed E-state index contributed by atoms with van der Waals surface area (Å²) in [5, 5.41) is 4.21. The van der Waals surface area contributed by atoms with Crippen molar-refractivity contribution in [1.82, 2.24) is 9.78 Å². The van der Waals surface area contributed by atoms with Crippen LogP contribution in [0.15, 0.2) is 6.07 Å². The van der Waals surface area contributed by atoms with Crippen molar-refractivity contribution in [3.63, 3.8) is 0 Å². The minimum absolute atomic E-state index is 0.212. The van der Waals surface area contributed by atoms with E-state index in [1.54, 1.807) is 4.68 Å². The highest BCUT2D eigenvalue weighted by Crippen LogP contribution is 2.22. The first kappa shape index (κ1) is 7.76. The molecular weight excluding hydrogens is 156 g/mol. The van der Waals surface area contributed by atoms with Crippen molar-refractivity contribution in [3.05, 3.63) is 17.5 Å². The standard InChI is InChI=1S/C8H12N2O2/c1-6-5-7(10(2)9-6)8-11-3-4-12-8/h5,8H,3-4H2,1-2H3. The van der Waals surface area contributed by atoms with Crippen molar-refractivity contribution in [2.75, 3.05) is 13.2 Å². The SMILES string of the molecule is Cc1cc(C2OCCO2)n(C)n1. The minimum atomic E-state index is -0.212. The van der Waals surface area contributed by atoms with E-state index in [2.05, 4.69) is 5.10 Å². The lowest BCUT2D eigenvalue weighted by atomic mass is 10.3. The zero-order valence-corrected chi connectivity index (χ0v) is 7.28. The zero-order valence-electron chi connectivity index (χ0n) is 7.28. The topological polar surface area (TPSA) is 36.3 Å². The van der Waals surface area contributed by atoms with E-state index in [0.717, 1.165) is 11.4 Å². The molecule has 0 bridgehead atoms. The summed E-state index contributed by atoms with van der Waals surface area (Å²) < 4.78 is 12.5. The Morgan fingerprint density at radius 3 is 2.67 bits per heavy atom. The second-order valence-corrected chi connectivity index (χ2v) is 2.91. The van der Waals surface area contributed by atoms with Crippen LogP contribution in [0.25, 0.3) is 0 Å². The van der Waals surface area contributed by atoms with Crippen molar-refractivity contribution >= 4 is 0 Å². The van der Waals surface area contributed by atoms with E-state index in [9.17, 15) is 0 Å². The van der Waals surface area contributed by atoms with Crippen molar-refractivity contribution in [2.24, 2.45) is 7.05 Å².